The van der Waals surface area contributed by atoms with Crippen molar-refractivity contribution < 1.29 is 14.6 Å². The van der Waals surface area contributed by atoms with Crippen LogP contribution in [0, 0.1) is 0 Å². The maximum atomic E-state index is 11.1. The number of aromatic nitrogens is 1. The third-order valence-corrected chi connectivity index (χ3v) is 2.75. The Morgan fingerprint density at radius 3 is 2.74 bits per heavy atom. The molecule has 0 bridgehead atoms. The minimum Gasteiger partial charge on any atom is -0.477 e. The predicted octanol–water partition coefficient (Wildman–Crippen LogP) is 3.46. The Hall–Kier alpha value is -1.98. The van der Waals surface area contributed by atoms with Crippen LogP contribution in [0.1, 0.15) is 10.4 Å². The Morgan fingerprint density at radius 2 is 2.05 bits per heavy atom. The van der Waals surface area contributed by atoms with E-state index < -0.39 is 5.97 Å². The van der Waals surface area contributed by atoms with E-state index in [1.165, 1.54) is 24.4 Å². The van der Waals surface area contributed by atoms with Gasteiger partial charge in [-0.3, -0.25) is 0 Å². The molecule has 0 aliphatic rings. The lowest BCUT2D eigenvalue weighted by atomic mass is 10.2. The van der Waals surface area contributed by atoms with Gasteiger partial charge in [-0.2, -0.15) is 0 Å². The van der Waals surface area contributed by atoms with Gasteiger partial charge in [-0.1, -0.05) is 23.2 Å². The Balaban J connectivity index is 2.43. The molecule has 0 unspecified atom stereocenters. The maximum absolute atomic E-state index is 11.1. The molecule has 0 aliphatic heterocycles. The molecule has 2 rings (SSSR count). The van der Waals surface area contributed by atoms with E-state index in [2.05, 4.69) is 4.98 Å². The topological polar surface area (TPSA) is 85.4 Å². The van der Waals surface area contributed by atoms with E-state index in [0.29, 0.717) is 10.0 Å². The molecule has 1 heterocycles. The van der Waals surface area contributed by atoms with E-state index in [9.17, 15) is 4.79 Å². The zero-order valence-electron chi connectivity index (χ0n) is 9.43. The summed E-state index contributed by atoms with van der Waals surface area (Å²) >= 11 is 11.7. The smallest absolute Gasteiger partial charge is 0.341 e. The van der Waals surface area contributed by atoms with Crippen LogP contribution in [0.3, 0.4) is 0 Å². The van der Waals surface area contributed by atoms with Crippen LogP contribution >= 0.6 is 23.2 Å². The number of hydrogen-bond donors (Lipinski definition) is 2. The molecule has 0 amide bonds. The van der Waals surface area contributed by atoms with Crippen molar-refractivity contribution in [2.75, 3.05) is 5.73 Å². The maximum Gasteiger partial charge on any atom is 0.341 e. The highest BCUT2D eigenvalue weighted by molar-refractivity contribution is 6.34. The van der Waals surface area contributed by atoms with Gasteiger partial charge in [0.1, 0.15) is 11.3 Å². The number of ether oxygens (including phenoxy) is 1. The molecule has 2 aromatic rings. The molecule has 7 heteroatoms. The zero-order valence-corrected chi connectivity index (χ0v) is 10.9. The monoisotopic (exact) mass is 298 g/mol. The lowest BCUT2D eigenvalue weighted by Gasteiger charge is -2.09. The molecule has 3 N–H and O–H groups in total. The number of anilines is 1. The molecule has 0 aliphatic carbocycles. The summed E-state index contributed by atoms with van der Waals surface area (Å²) in [5.41, 5.74) is 5.55. The van der Waals surface area contributed by atoms with E-state index in [1.807, 2.05) is 0 Å². The second-order valence-electron chi connectivity index (χ2n) is 3.60. The van der Waals surface area contributed by atoms with Gasteiger partial charge in [-0.05, 0) is 18.2 Å². The molecule has 0 atom stereocenters. The standard InChI is InChI=1S/C12H8Cl2N2O3/c13-6-1-2-9(14)10(3-6)19-11-8(12(17)18)4-7(15)5-16-11/h1-5H,15H2,(H,17,18). The quantitative estimate of drug-likeness (QED) is 0.906. The normalized spacial score (nSPS) is 10.2. The summed E-state index contributed by atoms with van der Waals surface area (Å²) in [5, 5.41) is 9.76. The molecule has 19 heavy (non-hydrogen) atoms. The molecule has 0 spiro atoms. The van der Waals surface area contributed by atoms with Crippen LogP contribution in [0.5, 0.6) is 11.6 Å². The van der Waals surface area contributed by atoms with Gasteiger partial charge in [0, 0.05) is 11.1 Å². The van der Waals surface area contributed by atoms with Gasteiger partial charge in [0.15, 0.2) is 0 Å². The second-order valence-corrected chi connectivity index (χ2v) is 4.45. The van der Waals surface area contributed by atoms with Crippen molar-refractivity contribution in [3.8, 4) is 11.6 Å². The summed E-state index contributed by atoms with van der Waals surface area (Å²) in [6, 6.07) is 5.85. The summed E-state index contributed by atoms with van der Waals surface area (Å²) in [4.78, 5) is 14.9. The van der Waals surface area contributed by atoms with Crippen LogP contribution in [0.2, 0.25) is 10.0 Å². The lowest BCUT2D eigenvalue weighted by molar-refractivity contribution is 0.0693. The number of halogens is 2. The molecule has 0 saturated carbocycles. The number of benzene rings is 1. The lowest BCUT2D eigenvalue weighted by Crippen LogP contribution is -2.03. The highest BCUT2D eigenvalue weighted by Gasteiger charge is 2.15. The van der Waals surface area contributed by atoms with Crippen LogP contribution in [0.4, 0.5) is 5.69 Å². The molecule has 0 fully saturated rings. The van der Waals surface area contributed by atoms with Gasteiger partial charge < -0.3 is 15.6 Å². The van der Waals surface area contributed by atoms with Crippen LogP contribution in [-0.4, -0.2) is 16.1 Å². The highest BCUT2D eigenvalue weighted by atomic mass is 35.5. The average molecular weight is 299 g/mol. The molecular formula is C12H8Cl2N2O3. The number of nitrogen functional groups attached to an aromatic ring is 1. The molecule has 0 saturated heterocycles. The van der Waals surface area contributed by atoms with Crippen LogP contribution in [0.25, 0.3) is 0 Å². The fraction of sp³-hybridized carbons (Fsp3) is 0. The van der Waals surface area contributed by atoms with E-state index >= 15 is 0 Å². The molecule has 0 radical (unpaired) electrons. The zero-order chi connectivity index (χ0) is 14.0. The summed E-state index contributed by atoms with van der Waals surface area (Å²) in [6.07, 6.45) is 1.29. The van der Waals surface area contributed by atoms with E-state index in [1.54, 1.807) is 6.07 Å². The van der Waals surface area contributed by atoms with Gasteiger partial charge in [-0.15, -0.1) is 0 Å². The van der Waals surface area contributed by atoms with Crippen molar-refractivity contribution in [2.24, 2.45) is 0 Å². The van der Waals surface area contributed by atoms with Crippen LogP contribution in [0.15, 0.2) is 30.5 Å². The fourth-order valence-electron chi connectivity index (χ4n) is 1.36. The highest BCUT2D eigenvalue weighted by Crippen LogP contribution is 2.32. The summed E-state index contributed by atoms with van der Waals surface area (Å²) in [6.45, 7) is 0. The first-order valence-electron chi connectivity index (χ1n) is 5.09. The molecule has 1 aromatic carbocycles. The van der Waals surface area contributed by atoms with Crippen molar-refractivity contribution >= 4 is 34.9 Å². The minimum absolute atomic E-state index is 0.106. The number of carboxylic acids is 1. The first-order valence-corrected chi connectivity index (χ1v) is 5.84. The van der Waals surface area contributed by atoms with Gasteiger partial charge in [-0.25, -0.2) is 9.78 Å². The van der Waals surface area contributed by atoms with Crippen molar-refractivity contribution in [3.05, 3.63) is 46.1 Å². The third-order valence-electron chi connectivity index (χ3n) is 2.20. The number of hydrogen-bond acceptors (Lipinski definition) is 4. The molecule has 1 aromatic heterocycles. The summed E-state index contributed by atoms with van der Waals surface area (Å²) in [7, 11) is 0. The van der Waals surface area contributed by atoms with E-state index in [0.717, 1.165) is 0 Å². The Labute approximate surface area is 118 Å². The Kier molecular flexibility index (Phi) is 3.78. The number of nitrogens with two attached hydrogens (primary N) is 1. The Bertz CT molecular complexity index is 647. The minimum atomic E-state index is -1.20. The predicted molar refractivity (Wildman–Crippen MR) is 72.1 cm³/mol. The van der Waals surface area contributed by atoms with E-state index in [4.69, 9.17) is 38.8 Å². The van der Waals surface area contributed by atoms with Crippen LogP contribution < -0.4 is 10.5 Å². The first kappa shape index (κ1) is 13.5. The number of pyridine rings is 1. The van der Waals surface area contributed by atoms with Gasteiger partial charge in [0.25, 0.3) is 0 Å². The van der Waals surface area contributed by atoms with Crippen molar-refractivity contribution in [1.82, 2.24) is 4.98 Å². The van der Waals surface area contributed by atoms with E-state index in [-0.39, 0.29) is 22.9 Å². The van der Waals surface area contributed by atoms with Gasteiger partial charge in [0.05, 0.1) is 16.9 Å². The Morgan fingerprint density at radius 1 is 1.32 bits per heavy atom. The third kappa shape index (κ3) is 3.07. The number of rotatable bonds is 3. The number of carbonyl (C=O) groups is 1. The van der Waals surface area contributed by atoms with Gasteiger partial charge >= 0.3 is 5.97 Å². The molecular weight excluding hydrogens is 291 g/mol. The van der Waals surface area contributed by atoms with Crippen LogP contribution in [-0.2, 0) is 0 Å². The number of nitrogens with zero attached hydrogens (tertiary/aromatic N) is 1. The number of carboxylic acid groups (broad SMARTS) is 1. The van der Waals surface area contributed by atoms with Crippen molar-refractivity contribution in [3.63, 3.8) is 0 Å². The van der Waals surface area contributed by atoms with Crippen molar-refractivity contribution in [1.29, 1.82) is 0 Å². The van der Waals surface area contributed by atoms with Gasteiger partial charge in [0.2, 0.25) is 5.88 Å². The van der Waals surface area contributed by atoms with Crippen molar-refractivity contribution in [2.45, 2.75) is 0 Å². The summed E-state index contributed by atoms with van der Waals surface area (Å²) < 4.78 is 5.37. The second kappa shape index (κ2) is 5.34. The SMILES string of the molecule is Nc1cnc(Oc2cc(Cl)ccc2Cl)c(C(=O)O)c1. The molecule has 5 nitrogen and oxygen atoms in total. The largest absolute Gasteiger partial charge is 0.477 e. The first-order chi connectivity index (χ1) is 8.97. The fourth-order valence-corrected chi connectivity index (χ4v) is 1.68. The summed E-state index contributed by atoms with van der Waals surface area (Å²) in [5.74, 6) is -1.09. The average Bonchev–Trinajstić information content (AvgIpc) is 2.35. The molecule has 98 valence electrons. The number of aromatic carboxylic acids is 1.